The second-order valence-electron chi connectivity index (χ2n) is 5.07. The number of aryl methyl sites for hydroxylation is 1. The van der Waals surface area contributed by atoms with Crippen molar-refractivity contribution in [3.05, 3.63) is 29.3 Å². The summed E-state index contributed by atoms with van der Waals surface area (Å²) in [6, 6.07) is 6.90. The molecule has 0 spiro atoms. The van der Waals surface area contributed by atoms with Gasteiger partial charge in [-0.25, -0.2) is 0 Å². The Hall–Kier alpha value is -1.06. The monoisotopic (exact) mass is 234 g/mol. The SMILES string of the molecule is Cc1cc(N2CCN(C)CC2C)ccc1CO. The summed E-state index contributed by atoms with van der Waals surface area (Å²) < 4.78 is 0. The van der Waals surface area contributed by atoms with Gasteiger partial charge in [-0.2, -0.15) is 0 Å². The third-order valence-corrected chi connectivity index (χ3v) is 3.66. The van der Waals surface area contributed by atoms with Crippen LogP contribution in [0.4, 0.5) is 5.69 Å². The molecule has 1 atom stereocenters. The predicted molar refractivity (Wildman–Crippen MR) is 71.4 cm³/mol. The van der Waals surface area contributed by atoms with Gasteiger partial charge >= 0.3 is 0 Å². The molecule has 0 amide bonds. The number of likely N-dealkylation sites (N-methyl/N-ethyl adjacent to an activating group) is 1. The summed E-state index contributed by atoms with van der Waals surface area (Å²) >= 11 is 0. The fourth-order valence-electron chi connectivity index (χ4n) is 2.56. The van der Waals surface area contributed by atoms with Crippen molar-refractivity contribution in [1.29, 1.82) is 0 Å². The number of aliphatic hydroxyl groups is 1. The molecule has 94 valence electrons. The van der Waals surface area contributed by atoms with Crippen LogP contribution in [0, 0.1) is 6.92 Å². The van der Waals surface area contributed by atoms with Crippen LogP contribution < -0.4 is 4.90 Å². The van der Waals surface area contributed by atoms with Crippen molar-refractivity contribution in [3.63, 3.8) is 0 Å². The van der Waals surface area contributed by atoms with Gasteiger partial charge in [-0.1, -0.05) is 6.07 Å². The first kappa shape index (κ1) is 12.4. The van der Waals surface area contributed by atoms with Gasteiger partial charge in [0.15, 0.2) is 0 Å². The van der Waals surface area contributed by atoms with Gasteiger partial charge in [0.2, 0.25) is 0 Å². The molecular weight excluding hydrogens is 212 g/mol. The molecule has 17 heavy (non-hydrogen) atoms. The van der Waals surface area contributed by atoms with E-state index in [9.17, 15) is 5.11 Å². The van der Waals surface area contributed by atoms with E-state index in [1.54, 1.807) is 0 Å². The van der Waals surface area contributed by atoms with Crippen LogP contribution >= 0.6 is 0 Å². The van der Waals surface area contributed by atoms with Gasteiger partial charge in [0.05, 0.1) is 6.61 Å². The molecule has 1 aliphatic rings. The van der Waals surface area contributed by atoms with E-state index >= 15 is 0 Å². The van der Waals surface area contributed by atoms with Crippen molar-refractivity contribution in [3.8, 4) is 0 Å². The summed E-state index contributed by atoms with van der Waals surface area (Å²) in [6.45, 7) is 7.77. The van der Waals surface area contributed by atoms with Crippen LogP contribution in [0.3, 0.4) is 0 Å². The second-order valence-corrected chi connectivity index (χ2v) is 5.07. The first-order chi connectivity index (χ1) is 8.11. The zero-order chi connectivity index (χ0) is 12.4. The lowest BCUT2D eigenvalue weighted by molar-refractivity contribution is 0.275. The topological polar surface area (TPSA) is 26.7 Å². The summed E-state index contributed by atoms with van der Waals surface area (Å²) in [5.41, 5.74) is 3.48. The number of anilines is 1. The van der Waals surface area contributed by atoms with Crippen molar-refractivity contribution >= 4 is 5.69 Å². The average Bonchev–Trinajstić information content (AvgIpc) is 2.29. The van der Waals surface area contributed by atoms with E-state index in [0.29, 0.717) is 6.04 Å². The van der Waals surface area contributed by atoms with Crippen LogP contribution in [0.2, 0.25) is 0 Å². The lowest BCUT2D eigenvalue weighted by atomic mass is 10.1. The molecule has 3 nitrogen and oxygen atoms in total. The fraction of sp³-hybridized carbons (Fsp3) is 0.571. The van der Waals surface area contributed by atoms with E-state index in [2.05, 4.69) is 42.8 Å². The van der Waals surface area contributed by atoms with E-state index in [0.717, 1.165) is 25.2 Å². The number of rotatable bonds is 2. The molecule has 1 fully saturated rings. The summed E-state index contributed by atoms with van der Waals surface area (Å²) in [7, 11) is 2.17. The Labute approximate surface area is 104 Å². The molecule has 1 heterocycles. The quantitative estimate of drug-likeness (QED) is 0.842. The Morgan fingerprint density at radius 3 is 2.71 bits per heavy atom. The van der Waals surface area contributed by atoms with Gasteiger partial charge in [-0.15, -0.1) is 0 Å². The molecule has 2 rings (SSSR count). The summed E-state index contributed by atoms with van der Waals surface area (Å²) in [5, 5.41) is 9.19. The Morgan fingerprint density at radius 2 is 2.12 bits per heavy atom. The number of benzene rings is 1. The van der Waals surface area contributed by atoms with Crippen molar-refractivity contribution in [1.82, 2.24) is 4.90 Å². The standard InChI is InChI=1S/C14H22N2O/c1-11-8-14(5-4-13(11)10-17)16-7-6-15(3)9-12(16)2/h4-5,8,12,17H,6-7,9-10H2,1-3H3. The van der Waals surface area contributed by atoms with Crippen LogP contribution in [-0.4, -0.2) is 42.7 Å². The van der Waals surface area contributed by atoms with Crippen LogP contribution in [-0.2, 0) is 6.61 Å². The minimum absolute atomic E-state index is 0.129. The highest BCUT2D eigenvalue weighted by molar-refractivity contribution is 5.52. The number of aliphatic hydroxyl groups excluding tert-OH is 1. The van der Waals surface area contributed by atoms with Crippen molar-refractivity contribution in [2.75, 3.05) is 31.6 Å². The van der Waals surface area contributed by atoms with Crippen molar-refractivity contribution < 1.29 is 5.11 Å². The van der Waals surface area contributed by atoms with E-state index < -0.39 is 0 Å². The molecule has 0 aliphatic carbocycles. The smallest absolute Gasteiger partial charge is 0.0684 e. The Kier molecular flexibility index (Phi) is 3.69. The fourth-order valence-corrected chi connectivity index (χ4v) is 2.56. The van der Waals surface area contributed by atoms with Crippen LogP contribution in [0.1, 0.15) is 18.1 Å². The Balaban J connectivity index is 2.19. The highest BCUT2D eigenvalue weighted by Crippen LogP contribution is 2.23. The van der Waals surface area contributed by atoms with Crippen LogP contribution in [0.15, 0.2) is 18.2 Å². The first-order valence-electron chi connectivity index (χ1n) is 6.27. The zero-order valence-corrected chi connectivity index (χ0v) is 11.0. The van der Waals surface area contributed by atoms with Gasteiger partial charge in [-0.05, 0) is 44.2 Å². The van der Waals surface area contributed by atoms with Crippen LogP contribution in [0.25, 0.3) is 0 Å². The number of nitrogens with zero attached hydrogens (tertiary/aromatic N) is 2. The molecule has 1 aromatic carbocycles. The molecule has 3 heteroatoms. The lowest BCUT2D eigenvalue weighted by Crippen LogP contribution is -2.50. The molecule has 1 N–H and O–H groups in total. The molecule has 0 radical (unpaired) electrons. The van der Waals surface area contributed by atoms with Crippen molar-refractivity contribution in [2.45, 2.75) is 26.5 Å². The van der Waals surface area contributed by atoms with Gasteiger partial charge in [0.25, 0.3) is 0 Å². The second kappa shape index (κ2) is 5.07. The van der Waals surface area contributed by atoms with E-state index in [-0.39, 0.29) is 6.61 Å². The van der Waals surface area contributed by atoms with Gasteiger partial charge in [-0.3, -0.25) is 0 Å². The third kappa shape index (κ3) is 2.61. The summed E-state index contributed by atoms with van der Waals surface area (Å²) in [4.78, 5) is 4.82. The molecular formula is C14H22N2O. The molecule has 1 saturated heterocycles. The summed E-state index contributed by atoms with van der Waals surface area (Å²) in [6.07, 6.45) is 0. The zero-order valence-electron chi connectivity index (χ0n) is 11.0. The van der Waals surface area contributed by atoms with E-state index in [1.807, 2.05) is 6.07 Å². The maximum absolute atomic E-state index is 9.19. The highest BCUT2D eigenvalue weighted by atomic mass is 16.3. The molecule has 0 aromatic heterocycles. The molecule has 0 saturated carbocycles. The third-order valence-electron chi connectivity index (χ3n) is 3.66. The minimum atomic E-state index is 0.129. The van der Waals surface area contributed by atoms with Gasteiger partial charge < -0.3 is 14.9 Å². The molecule has 1 aromatic rings. The highest BCUT2D eigenvalue weighted by Gasteiger charge is 2.21. The molecule has 0 bridgehead atoms. The Bertz CT molecular complexity index is 392. The number of piperazine rings is 1. The van der Waals surface area contributed by atoms with E-state index in [4.69, 9.17) is 0 Å². The largest absolute Gasteiger partial charge is 0.392 e. The Morgan fingerprint density at radius 1 is 1.35 bits per heavy atom. The lowest BCUT2D eigenvalue weighted by Gasteiger charge is -2.40. The number of hydrogen-bond acceptors (Lipinski definition) is 3. The number of hydrogen-bond donors (Lipinski definition) is 1. The summed E-state index contributed by atoms with van der Waals surface area (Å²) in [5.74, 6) is 0. The first-order valence-corrected chi connectivity index (χ1v) is 6.27. The molecule has 1 unspecified atom stereocenters. The maximum atomic E-state index is 9.19. The van der Waals surface area contributed by atoms with Crippen molar-refractivity contribution in [2.24, 2.45) is 0 Å². The molecule has 1 aliphatic heterocycles. The average molecular weight is 234 g/mol. The predicted octanol–water partition coefficient (Wildman–Crippen LogP) is 1.63. The van der Waals surface area contributed by atoms with Gasteiger partial charge in [0.1, 0.15) is 0 Å². The van der Waals surface area contributed by atoms with Gasteiger partial charge in [0, 0.05) is 31.4 Å². The maximum Gasteiger partial charge on any atom is 0.0684 e. The minimum Gasteiger partial charge on any atom is -0.392 e. The van der Waals surface area contributed by atoms with Crippen LogP contribution in [0.5, 0.6) is 0 Å². The van der Waals surface area contributed by atoms with E-state index in [1.165, 1.54) is 11.3 Å². The normalized spacial score (nSPS) is 21.9.